The van der Waals surface area contributed by atoms with E-state index >= 15 is 0 Å². The van der Waals surface area contributed by atoms with Gasteiger partial charge in [-0.15, -0.1) is 0 Å². The second kappa shape index (κ2) is 8.61. The molecule has 0 N–H and O–H groups in total. The molecule has 0 saturated carbocycles. The highest BCUT2D eigenvalue weighted by Gasteiger charge is 2.15. The van der Waals surface area contributed by atoms with Crippen molar-refractivity contribution in [2.24, 2.45) is 4.99 Å². The monoisotopic (exact) mass is 430 g/mol. The van der Waals surface area contributed by atoms with E-state index in [-0.39, 0.29) is 29.1 Å². The van der Waals surface area contributed by atoms with Crippen molar-refractivity contribution in [2.75, 3.05) is 7.11 Å². The summed E-state index contributed by atoms with van der Waals surface area (Å²) in [5, 5.41) is 21.7. The highest BCUT2D eigenvalue weighted by atomic mass is 32.1. The highest BCUT2D eigenvalue weighted by Crippen LogP contribution is 2.23. The van der Waals surface area contributed by atoms with Crippen LogP contribution in [0, 0.1) is 20.2 Å². The number of nitro groups is 2. The predicted octanol–water partition coefficient (Wildman–Crippen LogP) is 2.36. The standard InChI is InChI=1S/C18H14N4O7S/c1-29-17(24)10-20-14-7-6-13(22(27)28)9-15(14)30-18(20)19-16(23)8-11-2-4-12(5-3-11)21(25)26/h2-7,9H,8,10H2,1H3. The van der Waals surface area contributed by atoms with E-state index in [1.165, 1.54) is 54.1 Å². The number of hydrogen-bond acceptors (Lipinski definition) is 8. The third-order valence-corrected chi connectivity index (χ3v) is 5.16. The molecular weight excluding hydrogens is 416 g/mol. The Balaban J connectivity index is 1.99. The number of carbonyl (C=O) groups is 2. The number of esters is 1. The number of non-ortho nitro benzene ring substituents is 2. The number of thiazole rings is 1. The smallest absolute Gasteiger partial charge is 0.325 e. The van der Waals surface area contributed by atoms with Crippen molar-refractivity contribution in [3.8, 4) is 0 Å². The second-order valence-corrected chi connectivity index (χ2v) is 7.07. The molecule has 0 bridgehead atoms. The highest BCUT2D eigenvalue weighted by molar-refractivity contribution is 7.16. The minimum Gasteiger partial charge on any atom is -0.468 e. The Morgan fingerprint density at radius 1 is 1.07 bits per heavy atom. The molecule has 0 unspecified atom stereocenters. The Bertz CT molecular complexity index is 1230. The van der Waals surface area contributed by atoms with Crippen molar-refractivity contribution < 1.29 is 24.2 Å². The van der Waals surface area contributed by atoms with Crippen LogP contribution < -0.4 is 4.80 Å². The molecule has 0 spiro atoms. The molecule has 0 radical (unpaired) electrons. The van der Waals surface area contributed by atoms with Gasteiger partial charge in [0.1, 0.15) is 6.54 Å². The van der Waals surface area contributed by atoms with Crippen molar-refractivity contribution in [1.82, 2.24) is 4.57 Å². The Hall–Kier alpha value is -3.93. The van der Waals surface area contributed by atoms with Gasteiger partial charge >= 0.3 is 5.97 Å². The molecule has 1 amide bonds. The third-order valence-electron chi connectivity index (χ3n) is 4.11. The van der Waals surface area contributed by atoms with Gasteiger partial charge < -0.3 is 9.30 Å². The number of fused-ring (bicyclic) bond motifs is 1. The van der Waals surface area contributed by atoms with Gasteiger partial charge in [0.25, 0.3) is 17.3 Å². The van der Waals surface area contributed by atoms with Crippen molar-refractivity contribution in [1.29, 1.82) is 0 Å². The molecule has 0 fully saturated rings. The van der Waals surface area contributed by atoms with Crippen molar-refractivity contribution in [3.63, 3.8) is 0 Å². The zero-order valence-corrected chi connectivity index (χ0v) is 16.3. The molecule has 154 valence electrons. The van der Waals surface area contributed by atoms with Crippen LogP contribution in [0.25, 0.3) is 10.2 Å². The van der Waals surface area contributed by atoms with Gasteiger partial charge in [0.05, 0.1) is 33.6 Å². The number of carbonyl (C=O) groups excluding carboxylic acids is 2. The Kier molecular flexibility index (Phi) is 5.97. The van der Waals surface area contributed by atoms with Crippen LogP contribution >= 0.6 is 11.3 Å². The maximum Gasteiger partial charge on any atom is 0.325 e. The lowest BCUT2D eigenvalue weighted by atomic mass is 10.1. The first kappa shape index (κ1) is 20.8. The van der Waals surface area contributed by atoms with E-state index in [0.29, 0.717) is 15.8 Å². The van der Waals surface area contributed by atoms with Crippen molar-refractivity contribution in [3.05, 3.63) is 73.1 Å². The molecule has 2 aromatic carbocycles. The Morgan fingerprint density at radius 2 is 1.70 bits per heavy atom. The molecule has 3 aromatic rings. The number of nitrogens with zero attached hydrogens (tertiary/aromatic N) is 4. The molecule has 1 aromatic heterocycles. The van der Waals surface area contributed by atoms with Gasteiger partial charge in [-0.3, -0.25) is 29.8 Å². The summed E-state index contributed by atoms with van der Waals surface area (Å²) in [6, 6.07) is 9.62. The maximum atomic E-state index is 12.4. The van der Waals surface area contributed by atoms with Gasteiger partial charge in [-0.25, -0.2) is 0 Å². The fourth-order valence-electron chi connectivity index (χ4n) is 2.66. The van der Waals surface area contributed by atoms with Gasteiger partial charge in [-0.1, -0.05) is 23.5 Å². The normalized spacial score (nSPS) is 11.4. The molecular formula is C18H14N4O7S. The number of amides is 1. The average Bonchev–Trinajstić information content (AvgIpc) is 3.04. The summed E-state index contributed by atoms with van der Waals surface area (Å²) < 4.78 is 6.60. The summed E-state index contributed by atoms with van der Waals surface area (Å²) in [4.78, 5) is 49.1. The lowest BCUT2D eigenvalue weighted by molar-refractivity contribution is -0.385. The Morgan fingerprint density at radius 3 is 2.30 bits per heavy atom. The average molecular weight is 430 g/mol. The summed E-state index contributed by atoms with van der Waals surface area (Å²) in [6.45, 7) is -0.224. The number of hydrogen-bond donors (Lipinski definition) is 0. The second-order valence-electron chi connectivity index (χ2n) is 6.06. The van der Waals surface area contributed by atoms with Crippen LogP contribution in [0.2, 0.25) is 0 Å². The van der Waals surface area contributed by atoms with Crippen LogP contribution in [0.4, 0.5) is 11.4 Å². The first-order valence-corrected chi connectivity index (χ1v) is 9.25. The van der Waals surface area contributed by atoms with Gasteiger partial charge in [0.2, 0.25) is 0 Å². The van der Waals surface area contributed by atoms with E-state index < -0.39 is 21.7 Å². The fraction of sp³-hybridized carbons (Fsp3) is 0.167. The number of aromatic nitrogens is 1. The summed E-state index contributed by atoms with van der Waals surface area (Å²) in [5.74, 6) is -1.11. The summed E-state index contributed by atoms with van der Waals surface area (Å²) in [7, 11) is 1.22. The summed E-state index contributed by atoms with van der Waals surface area (Å²) in [5.41, 5.74) is 0.811. The lowest BCUT2D eigenvalue weighted by Crippen LogP contribution is -2.22. The van der Waals surface area contributed by atoms with Crippen LogP contribution in [0.1, 0.15) is 5.56 Å². The van der Waals surface area contributed by atoms with Gasteiger partial charge in [-0.05, 0) is 11.6 Å². The molecule has 12 heteroatoms. The molecule has 0 aliphatic heterocycles. The first-order chi connectivity index (χ1) is 14.3. The van der Waals surface area contributed by atoms with Crippen molar-refractivity contribution >= 4 is 44.8 Å². The van der Waals surface area contributed by atoms with E-state index in [0.717, 1.165) is 11.3 Å². The first-order valence-electron chi connectivity index (χ1n) is 8.44. The fourth-order valence-corrected chi connectivity index (χ4v) is 3.74. The largest absolute Gasteiger partial charge is 0.468 e. The maximum absolute atomic E-state index is 12.4. The minimum absolute atomic E-state index is 0.0924. The zero-order valence-electron chi connectivity index (χ0n) is 15.5. The van der Waals surface area contributed by atoms with Gasteiger partial charge in [0.15, 0.2) is 4.80 Å². The Labute approximate surface area is 172 Å². The zero-order chi connectivity index (χ0) is 21.8. The third kappa shape index (κ3) is 4.55. The van der Waals surface area contributed by atoms with E-state index in [4.69, 9.17) is 0 Å². The van der Waals surface area contributed by atoms with Crippen LogP contribution in [-0.4, -0.2) is 33.4 Å². The SMILES string of the molecule is COC(=O)Cn1c(=NC(=O)Cc2ccc([N+](=O)[O-])cc2)sc2cc([N+](=O)[O-])ccc21. The van der Waals surface area contributed by atoms with Crippen molar-refractivity contribution in [2.45, 2.75) is 13.0 Å². The number of nitro benzene ring substituents is 2. The quantitative estimate of drug-likeness (QED) is 0.331. The number of ether oxygens (including phenoxy) is 1. The molecule has 3 rings (SSSR count). The van der Waals surface area contributed by atoms with Crippen LogP contribution in [-0.2, 0) is 27.3 Å². The van der Waals surface area contributed by atoms with Crippen LogP contribution in [0.5, 0.6) is 0 Å². The minimum atomic E-state index is -0.572. The van der Waals surface area contributed by atoms with Gasteiger partial charge in [-0.2, -0.15) is 4.99 Å². The topological polar surface area (TPSA) is 147 Å². The van der Waals surface area contributed by atoms with E-state index in [2.05, 4.69) is 9.73 Å². The van der Waals surface area contributed by atoms with Crippen LogP contribution in [0.3, 0.4) is 0 Å². The number of benzene rings is 2. The van der Waals surface area contributed by atoms with E-state index in [9.17, 15) is 29.8 Å². The lowest BCUT2D eigenvalue weighted by Gasteiger charge is -2.03. The van der Waals surface area contributed by atoms with Gasteiger partial charge in [0, 0.05) is 24.3 Å². The van der Waals surface area contributed by atoms with Crippen LogP contribution in [0.15, 0.2) is 47.5 Å². The van der Waals surface area contributed by atoms with E-state index in [1.54, 1.807) is 0 Å². The molecule has 0 saturated heterocycles. The van der Waals surface area contributed by atoms with E-state index in [1.807, 2.05) is 0 Å². The molecule has 1 heterocycles. The number of methoxy groups -OCH3 is 1. The molecule has 0 aliphatic rings. The predicted molar refractivity (Wildman–Crippen MR) is 106 cm³/mol. The summed E-state index contributed by atoms with van der Waals surface area (Å²) in [6.07, 6.45) is -0.107. The molecule has 0 aliphatic carbocycles. The molecule has 0 atom stereocenters. The summed E-state index contributed by atoms with van der Waals surface area (Å²) >= 11 is 1.03. The number of rotatable bonds is 6. The molecule has 30 heavy (non-hydrogen) atoms. The molecule has 11 nitrogen and oxygen atoms in total.